The van der Waals surface area contributed by atoms with Gasteiger partial charge in [-0.2, -0.15) is 0 Å². The summed E-state index contributed by atoms with van der Waals surface area (Å²) in [7, 11) is 0. The lowest BCUT2D eigenvalue weighted by atomic mass is 9.67. The maximum atomic E-state index is 6.63. The van der Waals surface area contributed by atoms with Crippen LogP contribution in [0.15, 0.2) is 36.4 Å². The molecule has 3 fully saturated rings. The third kappa shape index (κ3) is 5.94. The number of fused-ring (bicyclic) bond motifs is 1. The van der Waals surface area contributed by atoms with Crippen molar-refractivity contribution < 1.29 is 28.4 Å². The molecule has 0 spiro atoms. The molecule has 6 nitrogen and oxygen atoms in total. The Balaban J connectivity index is 1.37. The Hall–Kier alpha value is -2.28. The van der Waals surface area contributed by atoms with Crippen molar-refractivity contribution in [1.29, 1.82) is 0 Å². The molecule has 4 atom stereocenters. The Morgan fingerprint density at radius 1 is 0.692 bits per heavy atom. The number of hydrogen-bond acceptors (Lipinski definition) is 6. The van der Waals surface area contributed by atoms with Gasteiger partial charge in [0.1, 0.15) is 22.8 Å². The van der Waals surface area contributed by atoms with Crippen LogP contribution in [0.2, 0.25) is 0 Å². The van der Waals surface area contributed by atoms with Gasteiger partial charge in [-0.15, -0.1) is 0 Å². The zero-order valence-electron chi connectivity index (χ0n) is 23.8. The van der Waals surface area contributed by atoms with E-state index in [4.69, 9.17) is 28.4 Å². The lowest BCUT2D eigenvalue weighted by Gasteiger charge is -2.45. The van der Waals surface area contributed by atoms with Gasteiger partial charge < -0.3 is 28.4 Å². The van der Waals surface area contributed by atoms with E-state index in [1.807, 2.05) is 6.07 Å². The molecular formula is C33H44O6. The molecule has 0 N–H and O–H groups in total. The zero-order valence-corrected chi connectivity index (χ0v) is 23.8. The molecule has 6 heteroatoms. The van der Waals surface area contributed by atoms with E-state index in [0.29, 0.717) is 0 Å². The molecule has 0 amide bonds. The predicted molar refractivity (Wildman–Crippen MR) is 150 cm³/mol. The van der Waals surface area contributed by atoms with Crippen molar-refractivity contribution in [2.45, 2.75) is 115 Å². The molecule has 2 aromatic carbocycles. The van der Waals surface area contributed by atoms with E-state index in [2.05, 4.69) is 51.1 Å². The van der Waals surface area contributed by atoms with Crippen molar-refractivity contribution in [2.24, 2.45) is 0 Å². The average molecular weight is 537 g/mol. The zero-order chi connectivity index (χ0) is 26.9. The molecule has 4 heterocycles. The molecule has 39 heavy (non-hydrogen) atoms. The van der Waals surface area contributed by atoms with Crippen LogP contribution in [0.1, 0.15) is 108 Å². The van der Waals surface area contributed by atoms with Gasteiger partial charge in [0.2, 0.25) is 0 Å². The fourth-order valence-electron chi connectivity index (χ4n) is 6.83. The Morgan fingerprint density at radius 3 is 2.03 bits per heavy atom. The molecule has 0 bridgehead atoms. The summed E-state index contributed by atoms with van der Waals surface area (Å²) >= 11 is 0. The van der Waals surface area contributed by atoms with Crippen molar-refractivity contribution in [2.75, 3.05) is 19.8 Å². The van der Waals surface area contributed by atoms with E-state index in [1.54, 1.807) is 0 Å². The highest BCUT2D eigenvalue weighted by Crippen LogP contribution is 2.52. The van der Waals surface area contributed by atoms with Crippen molar-refractivity contribution in [1.82, 2.24) is 0 Å². The van der Waals surface area contributed by atoms with Crippen molar-refractivity contribution in [3.05, 3.63) is 53.1 Å². The first-order chi connectivity index (χ1) is 18.9. The number of hydrogen-bond donors (Lipinski definition) is 0. The fraction of sp³-hybridized carbons (Fsp3) is 0.636. The highest BCUT2D eigenvalue weighted by atomic mass is 16.7. The second-order valence-corrected chi connectivity index (χ2v) is 12.5. The van der Waals surface area contributed by atoms with Crippen molar-refractivity contribution in [3.8, 4) is 17.2 Å². The highest BCUT2D eigenvalue weighted by Gasteiger charge is 2.45. The number of rotatable bonds is 6. The first-order valence-electron chi connectivity index (χ1n) is 15.1. The summed E-state index contributed by atoms with van der Waals surface area (Å²) in [6.07, 6.45) is 10.1. The molecule has 0 aromatic heterocycles. The van der Waals surface area contributed by atoms with Crippen LogP contribution in [0.25, 0.3) is 0 Å². The maximum Gasteiger partial charge on any atom is 0.199 e. The van der Waals surface area contributed by atoms with Gasteiger partial charge in [-0.25, -0.2) is 0 Å². The predicted octanol–water partition coefficient (Wildman–Crippen LogP) is 7.61. The van der Waals surface area contributed by atoms with Crippen LogP contribution >= 0.6 is 0 Å². The van der Waals surface area contributed by atoms with Gasteiger partial charge in [0, 0.05) is 48.5 Å². The van der Waals surface area contributed by atoms with Gasteiger partial charge in [0.25, 0.3) is 0 Å². The van der Waals surface area contributed by atoms with E-state index in [9.17, 15) is 0 Å². The smallest absolute Gasteiger partial charge is 0.199 e. The summed E-state index contributed by atoms with van der Waals surface area (Å²) in [6, 6.07) is 13.0. The Morgan fingerprint density at radius 2 is 1.36 bits per heavy atom. The molecule has 4 aliphatic rings. The third-order valence-electron chi connectivity index (χ3n) is 8.67. The summed E-state index contributed by atoms with van der Waals surface area (Å²) in [5, 5.41) is 0. The molecule has 4 aliphatic heterocycles. The van der Waals surface area contributed by atoms with Crippen LogP contribution in [0.3, 0.4) is 0 Å². The monoisotopic (exact) mass is 536 g/mol. The Labute approximate surface area is 233 Å². The first-order valence-corrected chi connectivity index (χ1v) is 15.1. The SMILES string of the molecule is CC1(C)CC(C)(c2ccc(OC3CCCCO3)cc2OC2CCCCO2)c2ccc(C3CCCCO3)cc2O1. The summed E-state index contributed by atoms with van der Waals surface area (Å²) in [5.41, 5.74) is 2.84. The second-order valence-electron chi connectivity index (χ2n) is 12.5. The highest BCUT2D eigenvalue weighted by molar-refractivity contribution is 5.56. The minimum atomic E-state index is -0.350. The number of ether oxygens (including phenoxy) is 6. The quantitative estimate of drug-likeness (QED) is 0.379. The van der Waals surface area contributed by atoms with E-state index < -0.39 is 0 Å². The largest absolute Gasteiger partial charge is 0.487 e. The van der Waals surface area contributed by atoms with Crippen molar-refractivity contribution >= 4 is 0 Å². The first kappa shape index (κ1) is 26.9. The van der Waals surface area contributed by atoms with Crippen LogP contribution in [0, 0.1) is 0 Å². The summed E-state index contributed by atoms with van der Waals surface area (Å²) in [4.78, 5) is 0. The van der Waals surface area contributed by atoms with Gasteiger partial charge in [0.05, 0.1) is 19.3 Å². The summed E-state index contributed by atoms with van der Waals surface area (Å²) < 4.78 is 37.5. The van der Waals surface area contributed by atoms with E-state index in [0.717, 1.165) is 100 Å². The Bertz CT molecular complexity index is 1130. The molecular weight excluding hydrogens is 492 g/mol. The van der Waals surface area contributed by atoms with Gasteiger partial charge in [-0.1, -0.05) is 25.1 Å². The van der Waals surface area contributed by atoms with Crippen LogP contribution in [0.5, 0.6) is 17.2 Å². The third-order valence-corrected chi connectivity index (χ3v) is 8.67. The van der Waals surface area contributed by atoms with Gasteiger partial charge in [-0.05, 0) is 76.5 Å². The van der Waals surface area contributed by atoms with Crippen LogP contribution in [0.4, 0.5) is 0 Å². The van der Waals surface area contributed by atoms with Gasteiger partial charge in [0.15, 0.2) is 12.6 Å². The van der Waals surface area contributed by atoms with Crippen LogP contribution < -0.4 is 14.2 Å². The standard InChI is InChI=1S/C33H44O6/c1-32(2)22-33(3,26-15-13-23(20-29(26)39-32)27-10-4-7-17-34-27)25-16-14-24(37-30-11-5-8-18-35-30)21-28(25)38-31-12-6-9-19-36-31/h13-16,20-21,27,30-31H,4-12,17-19,22H2,1-3H3. The Kier molecular flexibility index (Phi) is 7.80. The molecule has 2 aromatic rings. The molecule has 4 unspecified atom stereocenters. The normalized spacial score (nSPS) is 30.6. The van der Waals surface area contributed by atoms with Crippen LogP contribution in [-0.2, 0) is 19.6 Å². The van der Waals surface area contributed by atoms with E-state index in [1.165, 1.54) is 17.5 Å². The summed E-state index contributed by atoms with van der Waals surface area (Å²) in [6.45, 7) is 9.00. The second kappa shape index (κ2) is 11.3. The van der Waals surface area contributed by atoms with E-state index in [-0.39, 0.29) is 29.7 Å². The maximum absolute atomic E-state index is 6.63. The molecule has 0 saturated carbocycles. The molecule has 212 valence electrons. The van der Waals surface area contributed by atoms with Gasteiger partial charge in [-0.3, -0.25) is 0 Å². The average Bonchev–Trinajstić information content (AvgIpc) is 2.94. The number of benzene rings is 2. The van der Waals surface area contributed by atoms with Crippen molar-refractivity contribution in [3.63, 3.8) is 0 Å². The molecule has 0 aliphatic carbocycles. The van der Waals surface area contributed by atoms with Crippen LogP contribution in [-0.4, -0.2) is 38.0 Å². The lowest BCUT2D eigenvalue weighted by molar-refractivity contribution is -0.109. The molecule has 3 saturated heterocycles. The lowest BCUT2D eigenvalue weighted by Crippen LogP contribution is -2.44. The van der Waals surface area contributed by atoms with Gasteiger partial charge >= 0.3 is 0 Å². The summed E-state index contributed by atoms with van der Waals surface area (Å²) in [5.74, 6) is 2.54. The minimum absolute atomic E-state index is 0.143. The topological polar surface area (TPSA) is 55.4 Å². The fourth-order valence-corrected chi connectivity index (χ4v) is 6.83. The minimum Gasteiger partial charge on any atom is -0.487 e. The van der Waals surface area contributed by atoms with E-state index >= 15 is 0 Å². The molecule has 6 rings (SSSR count). The molecule has 0 radical (unpaired) electrons.